The summed E-state index contributed by atoms with van der Waals surface area (Å²) in [6.45, 7) is 1.72. The molecule has 2 aromatic carbocycles. The first-order chi connectivity index (χ1) is 16.4. The number of carboxylic acids is 1. The van der Waals surface area contributed by atoms with Crippen LogP contribution in [0.4, 0.5) is 4.79 Å². The fourth-order valence-corrected chi connectivity index (χ4v) is 4.28. The van der Waals surface area contributed by atoms with Crippen LogP contribution in [0.15, 0.2) is 60.9 Å². The number of benzene rings is 2. The lowest BCUT2D eigenvalue weighted by atomic mass is 9.98. The number of nitrogens with zero attached hydrogens (tertiary/aromatic N) is 3. The summed E-state index contributed by atoms with van der Waals surface area (Å²) in [6.07, 6.45) is 4.88. The van der Waals surface area contributed by atoms with Gasteiger partial charge in [-0.15, -0.1) is 0 Å². The number of amides is 1. The molecule has 4 rings (SSSR count). The Hall–Kier alpha value is -3.46. The second kappa shape index (κ2) is 10.6. The van der Waals surface area contributed by atoms with Crippen LogP contribution in [0.3, 0.4) is 0 Å². The predicted octanol–water partition coefficient (Wildman–Crippen LogP) is 4.43. The number of carboxylic acid groups (broad SMARTS) is 1. The van der Waals surface area contributed by atoms with Crippen LogP contribution in [0.5, 0.6) is 11.5 Å². The van der Waals surface area contributed by atoms with E-state index < -0.39 is 5.97 Å². The summed E-state index contributed by atoms with van der Waals surface area (Å²) in [7, 11) is 1.93. The molecule has 0 aliphatic carbocycles. The molecular formula is C25H27N3O5S. The van der Waals surface area contributed by atoms with Crippen molar-refractivity contribution in [3.63, 3.8) is 0 Å². The van der Waals surface area contributed by atoms with Gasteiger partial charge < -0.3 is 24.0 Å². The van der Waals surface area contributed by atoms with Crippen LogP contribution in [-0.2, 0) is 7.05 Å². The third-order valence-corrected chi connectivity index (χ3v) is 6.49. The molecule has 0 spiro atoms. The van der Waals surface area contributed by atoms with Crippen LogP contribution < -0.4 is 9.47 Å². The molecule has 1 aliphatic heterocycles. The van der Waals surface area contributed by atoms with Gasteiger partial charge in [-0.25, -0.2) is 14.6 Å². The van der Waals surface area contributed by atoms with E-state index in [9.17, 15) is 9.59 Å². The van der Waals surface area contributed by atoms with E-state index in [-0.39, 0.29) is 16.9 Å². The molecule has 0 bridgehead atoms. The molecule has 3 aromatic rings. The third kappa shape index (κ3) is 5.72. The number of ether oxygens (including phenoxy) is 2. The number of aromatic nitrogens is 2. The fourth-order valence-electron chi connectivity index (χ4n) is 3.86. The van der Waals surface area contributed by atoms with E-state index >= 15 is 0 Å². The molecule has 1 unspecified atom stereocenters. The number of thiol groups is 1. The maximum absolute atomic E-state index is 12.6. The number of aryl methyl sites for hydroxylation is 1. The highest BCUT2D eigenvalue weighted by atomic mass is 32.1. The normalized spacial score (nSPS) is 15.1. The van der Waals surface area contributed by atoms with Gasteiger partial charge >= 0.3 is 12.1 Å². The first-order valence-electron chi connectivity index (χ1n) is 11.1. The summed E-state index contributed by atoms with van der Waals surface area (Å²) in [5, 5.41) is 8.80. The van der Waals surface area contributed by atoms with Gasteiger partial charge in [0.1, 0.15) is 17.3 Å². The molecule has 0 saturated carbocycles. The zero-order chi connectivity index (χ0) is 24.1. The monoisotopic (exact) mass is 481 g/mol. The molecule has 34 heavy (non-hydrogen) atoms. The van der Waals surface area contributed by atoms with Crippen molar-refractivity contribution < 1.29 is 24.2 Å². The Bertz CT molecular complexity index is 1120. The molecule has 1 fully saturated rings. The molecule has 1 aromatic heterocycles. The lowest BCUT2D eigenvalue weighted by Gasteiger charge is -2.31. The van der Waals surface area contributed by atoms with Gasteiger partial charge in [-0.3, -0.25) is 0 Å². The molecule has 1 saturated heterocycles. The summed E-state index contributed by atoms with van der Waals surface area (Å²) in [5.41, 5.74) is 1.20. The van der Waals surface area contributed by atoms with E-state index in [0.717, 1.165) is 24.2 Å². The summed E-state index contributed by atoms with van der Waals surface area (Å²) in [4.78, 5) is 29.6. The largest absolute Gasteiger partial charge is 0.493 e. The van der Waals surface area contributed by atoms with Crippen molar-refractivity contribution in [2.75, 3.05) is 19.7 Å². The Balaban J connectivity index is 1.23. The number of rotatable bonds is 7. The van der Waals surface area contributed by atoms with E-state index in [1.807, 2.05) is 29.9 Å². The molecule has 8 nitrogen and oxygen atoms in total. The van der Waals surface area contributed by atoms with Gasteiger partial charge in [-0.05, 0) is 60.7 Å². The lowest BCUT2D eigenvalue weighted by molar-refractivity contribution is 0.0696. The Kier molecular flexibility index (Phi) is 7.42. The van der Waals surface area contributed by atoms with Crippen LogP contribution in [0, 0.1) is 5.92 Å². The maximum Gasteiger partial charge on any atom is 0.415 e. The second-order valence-corrected chi connectivity index (χ2v) is 8.82. The Labute approximate surface area is 203 Å². The number of hydrogen-bond donors (Lipinski definition) is 2. The first-order valence-corrected chi connectivity index (χ1v) is 11.6. The number of carbonyl (C=O) groups is 2. The van der Waals surface area contributed by atoms with Gasteiger partial charge in [0.15, 0.2) is 0 Å². The van der Waals surface area contributed by atoms with Crippen LogP contribution in [0.25, 0.3) is 0 Å². The molecule has 1 atom stereocenters. The van der Waals surface area contributed by atoms with Crippen LogP contribution in [0.1, 0.15) is 39.8 Å². The maximum atomic E-state index is 12.6. The first kappa shape index (κ1) is 23.7. The summed E-state index contributed by atoms with van der Waals surface area (Å²) < 4.78 is 13.3. The van der Waals surface area contributed by atoms with Gasteiger partial charge in [-0.2, -0.15) is 12.6 Å². The van der Waals surface area contributed by atoms with Crippen molar-refractivity contribution in [1.82, 2.24) is 14.5 Å². The third-order valence-electron chi connectivity index (χ3n) is 5.96. The number of likely N-dealkylation sites (tertiary alicyclic amines) is 1. The Morgan fingerprint density at radius 2 is 1.74 bits per heavy atom. The van der Waals surface area contributed by atoms with Gasteiger partial charge in [0, 0.05) is 32.5 Å². The van der Waals surface area contributed by atoms with E-state index in [2.05, 4.69) is 17.6 Å². The molecule has 9 heteroatoms. The van der Waals surface area contributed by atoms with Crippen LogP contribution in [0.2, 0.25) is 0 Å². The molecule has 178 valence electrons. The number of carbonyl (C=O) groups excluding carboxylic acids is 1. The zero-order valence-electron chi connectivity index (χ0n) is 18.8. The number of imidazole rings is 1. The molecule has 1 aliphatic rings. The van der Waals surface area contributed by atoms with E-state index in [0.29, 0.717) is 37.1 Å². The standard InChI is InChI=1S/C25H27N3O5S/c1-27-15-12-26-23(27)22(34)18-2-8-21(9-3-18)33-25(31)28-13-10-17(11-14-28)16-32-20-6-4-19(5-7-20)24(29)30/h2-9,12,15,17,22,34H,10-11,13-14,16H2,1H3,(H,29,30). The van der Waals surface area contributed by atoms with Crippen molar-refractivity contribution in [1.29, 1.82) is 0 Å². The zero-order valence-corrected chi connectivity index (χ0v) is 19.7. The van der Waals surface area contributed by atoms with Crippen molar-refractivity contribution in [3.8, 4) is 11.5 Å². The van der Waals surface area contributed by atoms with Crippen molar-refractivity contribution >= 4 is 24.7 Å². The summed E-state index contributed by atoms with van der Waals surface area (Å²) in [6, 6.07) is 13.7. The topological polar surface area (TPSA) is 93.9 Å². The SMILES string of the molecule is Cn1ccnc1C(S)c1ccc(OC(=O)N2CCC(COc3ccc(C(=O)O)cc3)CC2)cc1. The molecular weight excluding hydrogens is 454 g/mol. The predicted molar refractivity (Wildman–Crippen MR) is 130 cm³/mol. The van der Waals surface area contributed by atoms with E-state index in [1.54, 1.807) is 35.4 Å². The average Bonchev–Trinajstić information content (AvgIpc) is 3.29. The van der Waals surface area contributed by atoms with Crippen LogP contribution >= 0.6 is 12.6 Å². The minimum Gasteiger partial charge on any atom is -0.493 e. The van der Waals surface area contributed by atoms with Crippen molar-refractivity contribution in [3.05, 3.63) is 77.9 Å². The highest BCUT2D eigenvalue weighted by molar-refractivity contribution is 7.80. The smallest absolute Gasteiger partial charge is 0.415 e. The summed E-state index contributed by atoms with van der Waals surface area (Å²) >= 11 is 4.66. The fraction of sp³-hybridized carbons (Fsp3) is 0.320. The van der Waals surface area contributed by atoms with Crippen molar-refractivity contribution in [2.24, 2.45) is 13.0 Å². The van der Waals surface area contributed by atoms with Crippen molar-refractivity contribution in [2.45, 2.75) is 18.1 Å². The number of aromatic carboxylic acids is 1. The Morgan fingerprint density at radius 3 is 2.32 bits per heavy atom. The highest BCUT2D eigenvalue weighted by Crippen LogP contribution is 2.28. The second-order valence-electron chi connectivity index (χ2n) is 8.31. The quantitative estimate of drug-likeness (QED) is 0.485. The van der Waals surface area contributed by atoms with E-state index in [1.165, 1.54) is 12.1 Å². The number of hydrogen-bond acceptors (Lipinski definition) is 6. The highest BCUT2D eigenvalue weighted by Gasteiger charge is 2.25. The molecule has 2 heterocycles. The summed E-state index contributed by atoms with van der Waals surface area (Å²) in [5.74, 6) is 1.33. The lowest BCUT2D eigenvalue weighted by Crippen LogP contribution is -2.41. The van der Waals surface area contributed by atoms with Gasteiger partial charge in [-0.1, -0.05) is 12.1 Å². The van der Waals surface area contributed by atoms with E-state index in [4.69, 9.17) is 14.6 Å². The van der Waals surface area contributed by atoms with Gasteiger partial charge in [0.05, 0.1) is 17.4 Å². The minimum atomic E-state index is -0.961. The molecule has 1 N–H and O–H groups in total. The van der Waals surface area contributed by atoms with Gasteiger partial charge in [0.25, 0.3) is 0 Å². The minimum absolute atomic E-state index is 0.166. The number of piperidine rings is 1. The Morgan fingerprint density at radius 1 is 1.09 bits per heavy atom. The average molecular weight is 482 g/mol. The molecule has 0 radical (unpaired) electrons. The molecule has 1 amide bonds. The van der Waals surface area contributed by atoms with Gasteiger partial charge in [0.2, 0.25) is 0 Å². The van der Waals surface area contributed by atoms with Crippen LogP contribution in [-0.4, -0.2) is 51.3 Å².